The van der Waals surface area contributed by atoms with Crippen LogP contribution in [0.1, 0.15) is 30.9 Å². The summed E-state index contributed by atoms with van der Waals surface area (Å²) in [6.45, 7) is 5.52. The van der Waals surface area contributed by atoms with Crippen molar-refractivity contribution in [1.29, 1.82) is 0 Å². The summed E-state index contributed by atoms with van der Waals surface area (Å²) in [6, 6.07) is 12.4. The third-order valence-corrected chi connectivity index (χ3v) is 6.30. The van der Waals surface area contributed by atoms with Crippen LogP contribution in [0.3, 0.4) is 0 Å². The zero-order valence-corrected chi connectivity index (χ0v) is 18.4. The summed E-state index contributed by atoms with van der Waals surface area (Å²) in [6.07, 6.45) is 10.3. The van der Waals surface area contributed by atoms with Crippen LogP contribution in [0.4, 0.5) is 0 Å². The van der Waals surface area contributed by atoms with Crippen molar-refractivity contribution in [3.63, 3.8) is 0 Å². The smallest absolute Gasteiger partial charge is 0.227 e. The van der Waals surface area contributed by atoms with Gasteiger partial charge in [0.1, 0.15) is 0 Å². The van der Waals surface area contributed by atoms with Crippen LogP contribution in [0.15, 0.2) is 61.2 Å². The van der Waals surface area contributed by atoms with Crippen molar-refractivity contribution >= 4 is 5.91 Å². The molecule has 6 heteroatoms. The van der Waals surface area contributed by atoms with Gasteiger partial charge in [0.05, 0.1) is 11.6 Å². The Morgan fingerprint density at radius 3 is 2.81 bits per heavy atom. The number of aromatic nitrogens is 3. The van der Waals surface area contributed by atoms with E-state index in [-0.39, 0.29) is 5.91 Å². The quantitative estimate of drug-likeness (QED) is 0.639. The fourth-order valence-electron chi connectivity index (χ4n) is 4.80. The van der Waals surface area contributed by atoms with Crippen molar-refractivity contribution < 1.29 is 4.79 Å². The number of carbonyl (C=O) groups is 1. The second-order valence-corrected chi connectivity index (χ2v) is 8.45. The molecule has 0 bridgehead atoms. The summed E-state index contributed by atoms with van der Waals surface area (Å²) >= 11 is 0. The number of hydrogen-bond acceptors (Lipinski definition) is 4. The van der Waals surface area contributed by atoms with Crippen LogP contribution in [-0.2, 0) is 24.3 Å². The third-order valence-electron chi connectivity index (χ3n) is 6.30. The van der Waals surface area contributed by atoms with E-state index in [1.807, 2.05) is 23.1 Å². The zero-order chi connectivity index (χ0) is 21.7. The van der Waals surface area contributed by atoms with Gasteiger partial charge < -0.3 is 5.32 Å². The highest BCUT2D eigenvalue weighted by molar-refractivity contribution is 5.83. The van der Waals surface area contributed by atoms with Crippen LogP contribution < -0.4 is 5.32 Å². The van der Waals surface area contributed by atoms with E-state index in [2.05, 4.69) is 63.8 Å². The summed E-state index contributed by atoms with van der Waals surface area (Å²) in [7, 11) is 1.75. The average Bonchev–Trinajstić information content (AvgIpc) is 3.27. The maximum atomic E-state index is 13.2. The molecule has 0 spiro atoms. The molecular formula is C25H31N5O. The minimum Gasteiger partial charge on any atom is -0.359 e. The molecule has 1 aliphatic rings. The van der Waals surface area contributed by atoms with Gasteiger partial charge in [-0.2, -0.15) is 5.10 Å². The number of amides is 1. The molecule has 1 aliphatic heterocycles. The van der Waals surface area contributed by atoms with Crippen molar-refractivity contribution in [3.05, 3.63) is 72.3 Å². The van der Waals surface area contributed by atoms with Crippen molar-refractivity contribution in [2.75, 3.05) is 20.1 Å². The third kappa shape index (κ3) is 4.69. The number of nitrogens with zero attached hydrogens (tertiary/aromatic N) is 4. The fourth-order valence-corrected chi connectivity index (χ4v) is 4.80. The molecule has 0 saturated carbocycles. The molecule has 3 aromatic rings. The number of aryl methyl sites for hydroxylation is 1. The fraction of sp³-hybridized carbons (Fsp3) is 0.400. The zero-order valence-electron chi connectivity index (χ0n) is 18.4. The molecule has 6 nitrogen and oxygen atoms in total. The molecule has 1 aromatic carbocycles. The number of piperidine rings is 1. The highest BCUT2D eigenvalue weighted by atomic mass is 16.2. The number of hydrogen-bond donors (Lipinski definition) is 1. The Balaban J connectivity index is 1.61. The average molecular weight is 418 g/mol. The summed E-state index contributed by atoms with van der Waals surface area (Å²) in [5.41, 5.74) is 4.18. The van der Waals surface area contributed by atoms with E-state index in [0.29, 0.717) is 6.42 Å². The lowest BCUT2D eigenvalue weighted by Crippen LogP contribution is -2.52. The van der Waals surface area contributed by atoms with Crippen molar-refractivity contribution in [2.45, 2.75) is 39.3 Å². The molecule has 1 saturated heterocycles. The normalized spacial score (nSPS) is 19.3. The minimum atomic E-state index is -0.452. The van der Waals surface area contributed by atoms with Gasteiger partial charge in [0, 0.05) is 56.4 Å². The molecule has 3 heterocycles. The molecule has 1 fully saturated rings. The van der Waals surface area contributed by atoms with Crippen LogP contribution in [-0.4, -0.2) is 45.7 Å². The summed E-state index contributed by atoms with van der Waals surface area (Å²) < 4.78 is 1.95. The Kier molecular flexibility index (Phi) is 6.47. The largest absolute Gasteiger partial charge is 0.359 e. The summed E-state index contributed by atoms with van der Waals surface area (Å²) in [5, 5.41) is 7.36. The van der Waals surface area contributed by atoms with E-state index in [1.54, 1.807) is 13.2 Å². The first-order valence-electron chi connectivity index (χ1n) is 11.1. The van der Waals surface area contributed by atoms with E-state index in [0.717, 1.165) is 50.1 Å². The van der Waals surface area contributed by atoms with Gasteiger partial charge in [-0.3, -0.25) is 19.4 Å². The van der Waals surface area contributed by atoms with E-state index < -0.39 is 5.41 Å². The van der Waals surface area contributed by atoms with E-state index in [9.17, 15) is 4.79 Å². The molecule has 1 N–H and O–H groups in total. The molecule has 1 atom stereocenters. The second kappa shape index (κ2) is 9.43. The van der Waals surface area contributed by atoms with Crippen LogP contribution in [0, 0.1) is 5.41 Å². The lowest BCUT2D eigenvalue weighted by molar-refractivity contribution is -0.134. The number of likely N-dealkylation sites (tertiary alicyclic amines) is 1. The molecule has 31 heavy (non-hydrogen) atoms. The lowest BCUT2D eigenvalue weighted by atomic mass is 9.73. The van der Waals surface area contributed by atoms with Gasteiger partial charge in [-0.1, -0.05) is 30.3 Å². The van der Waals surface area contributed by atoms with Crippen LogP contribution in [0.25, 0.3) is 11.1 Å². The first-order valence-corrected chi connectivity index (χ1v) is 11.1. The van der Waals surface area contributed by atoms with Crippen LogP contribution in [0.5, 0.6) is 0 Å². The van der Waals surface area contributed by atoms with Gasteiger partial charge in [0.15, 0.2) is 0 Å². The van der Waals surface area contributed by atoms with Gasteiger partial charge in [-0.05, 0) is 49.9 Å². The Labute approximate surface area is 184 Å². The monoisotopic (exact) mass is 417 g/mol. The maximum Gasteiger partial charge on any atom is 0.227 e. The van der Waals surface area contributed by atoms with Gasteiger partial charge in [-0.25, -0.2) is 0 Å². The molecule has 0 unspecified atom stereocenters. The lowest BCUT2D eigenvalue weighted by Gasteiger charge is -2.42. The van der Waals surface area contributed by atoms with Crippen molar-refractivity contribution in [2.24, 2.45) is 5.41 Å². The topological polar surface area (TPSA) is 63.1 Å². The van der Waals surface area contributed by atoms with Gasteiger partial charge >= 0.3 is 0 Å². The van der Waals surface area contributed by atoms with Gasteiger partial charge in [-0.15, -0.1) is 0 Å². The second-order valence-electron chi connectivity index (χ2n) is 8.45. The standard InChI is InChI=1S/C25H31N5O/c1-3-30-18-20(15-28-30)17-29-13-7-11-25(19-29,24(31)26-2)14-21-8-4-5-10-23(21)22-9-6-12-27-16-22/h4-6,8-10,12,15-16,18H,3,7,11,13-14,17,19H2,1-2H3,(H,26,31)/t25-/m1/s1. The van der Waals surface area contributed by atoms with Gasteiger partial charge in [0.2, 0.25) is 5.91 Å². The predicted molar refractivity (Wildman–Crippen MR) is 122 cm³/mol. The molecule has 2 aromatic heterocycles. The van der Waals surface area contributed by atoms with E-state index >= 15 is 0 Å². The number of nitrogens with one attached hydrogen (secondary N) is 1. The first-order chi connectivity index (χ1) is 15.1. The molecular weight excluding hydrogens is 386 g/mol. The highest BCUT2D eigenvalue weighted by Gasteiger charge is 2.42. The van der Waals surface area contributed by atoms with Crippen molar-refractivity contribution in [1.82, 2.24) is 25.0 Å². The molecule has 1 amide bonds. The molecule has 0 radical (unpaired) electrons. The first kappa shape index (κ1) is 21.2. The predicted octanol–water partition coefficient (Wildman–Crippen LogP) is 3.54. The van der Waals surface area contributed by atoms with Crippen LogP contribution in [0.2, 0.25) is 0 Å². The molecule has 0 aliphatic carbocycles. The number of rotatable bonds is 7. The van der Waals surface area contributed by atoms with E-state index in [4.69, 9.17) is 0 Å². The Hall–Kier alpha value is -2.99. The number of benzene rings is 1. The van der Waals surface area contributed by atoms with E-state index in [1.165, 1.54) is 11.1 Å². The Morgan fingerprint density at radius 2 is 2.06 bits per heavy atom. The highest BCUT2D eigenvalue weighted by Crippen LogP contribution is 2.37. The van der Waals surface area contributed by atoms with Crippen molar-refractivity contribution in [3.8, 4) is 11.1 Å². The number of carbonyl (C=O) groups excluding carboxylic acids is 1. The van der Waals surface area contributed by atoms with Crippen LogP contribution >= 0.6 is 0 Å². The molecule has 162 valence electrons. The minimum absolute atomic E-state index is 0.127. The molecule has 4 rings (SSSR count). The SMILES string of the molecule is CCn1cc(CN2CCC[C@](Cc3ccccc3-c3cccnc3)(C(=O)NC)C2)cn1. The number of pyridine rings is 1. The summed E-state index contributed by atoms with van der Waals surface area (Å²) in [5.74, 6) is 0.127. The Bertz CT molecular complexity index is 1020. The summed E-state index contributed by atoms with van der Waals surface area (Å²) in [4.78, 5) is 19.9. The Morgan fingerprint density at radius 1 is 1.19 bits per heavy atom. The van der Waals surface area contributed by atoms with Gasteiger partial charge in [0.25, 0.3) is 0 Å². The maximum absolute atomic E-state index is 13.2.